The van der Waals surface area contributed by atoms with Gasteiger partial charge in [0.25, 0.3) is 0 Å². The SMILES string of the molecule is O=C(NCCCl)NC(CO)(CO)CO. The minimum Gasteiger partial charge on any atom is -0.394 e. The van der Waals surface area contributed by atoms with Gasteiger partial charge in [-0.25, -0.2) is 4.79 Å². The van der Waals surface area contributed by atoms with E-state index in [1.807, 2.05) is 0 Å². The van der Waals surface area contributed by atoms with Crippen molar-refractivity contribution in [1.82, 2.24) is 10.6 Å². The first kappa shape index (κ1) is 13.4. The first-order valence-electron chi connectivity index (χ1n) is 4.08. The van der Waals surface area contributed by atoms with E-state index in [1.54, 1.807) is 0 Å². The molecule has 0 unspecified atom stereocenters. The van der Waals surface area contributed by atoms with Crippen molar-refractivity contribution in [3.8, 4) is 0 Å². The van der Waals surface area contributed by atoms with Gasteiger partial charge in [-0.05, 0) is 0 Å². The Balaban J connectivity index is 4.08. The van der Waals surface area contributed by atoms with Crippen LogP contribution in [0.4, 0.5) is 4.79 Å². The van der Waals surface area contributed by atoms with E-state index in [1.165, 1.54) is 0 Å². The van der Waals surface area contributed by atoms with Gasteiger partial charge in [-0.3, -0.25) is 0 Å². The van der Waals surface area contributed by atoms with E-state index in [4.69, 9.17) is 26.9 Å². The molecule has 2 amide bonds. The van der Waals surface area contributed by atoms with Crippen molar-refractivity contribution in [3.63, 3.8) is 0 Å². The Bertz CT molecular complexity index is 167. The van der Waals surface area contributed by atoms with Crippen LogP contribution in [0, 0.1) is 0 Å². The standard InChI is InChI=1S/C7H15ClN2O4/c8-1-2-9-6(14)10-7(3-11,4-12)5-13/h11-13H,1-5H2,(H2,9,10,14). The summed E-state index contributed by atoms with van der Waals surface area (Å²) in [6, 6.07) is -0.595. The number of hydrogen-bond acceptors (Lipinski definition) is 4. The highest BCUT2D eigenvalue weighted by molar-refractivity contribution is 6.18. The summed E-state index contributed by atoms with van der Waals surface area (Å²) in [7, 11) is 0. The van der Waals surface area contributed by atoms with E-state index in [9.17, 15) is 4.79 Å². The molecule has 84 valence electrons. The van der Waals surface area contributed by atoms with E-state index in [0.717, 1.165) is 0 Å². The quantitative estimate of drug-likeness (QED) is 0.346. The Hall–Kier alpha value is -0.560. The monoisotopic (exact) mass is 226 g/mol. The normalized spacial score (nSPS) is 11.1. The highest BCUT2D eigenvalue weighted by Crippen LogP contribution is 2.00. The Labute approximate surface area is 86.9 Å². The number of amides is 2. The third-order valence-electron chi connectivity index (χ3n) is 1.67. The average Bonchev–Trinajstić information content (AvgIpc) is 2.23. The summed E-state index contributed by atoms with van der Waals surface area (Å²) in [5, 5.41) is 31.2. The van der Waals surface area contributed by atoms with Crippen molar-refractivity contribution >= 4 is 17.6 Å². The largest absolute Gasteiger partial charge is 0.394 e. The number of hydrogen-bond donors (Lipinski definition) is 5. The molecule has 0 aliphatic rings. The van der Waals surface area contributed by atoms with Crippen LogP contribution in [0.2, 0.25) is 0 Å². The smallest absolute Gasteiger partial charge is 0.315 e. The molecule has 5 N–H and O–H groups in total. The molecule has 0 saturated heterocycles. The van der Waals surface area contributed by atoms with Crippen LogP contribution in [0.1, 0.15) is 0 Å². The maximum Gasteiger partial charge on any atom is 0.315 e. The lowest BCUT2D eigenvalue weighted by atomic mass is 10.0. The number of halogens is 1. The number of aliphatic hydroxyl groups excluding tert-OH is 3. The van der Waals surface area contributed by atoms with Crippen LogP contribution in [0.5, 0.6) is 0 Å². The van der Waals surface area contributed by atoms with Crippen LogP contribution in [0.3, 0.4) is 0 Å². The zero-order chi connectivity index (χ0) is 11.0. The van der Waals surface area contributed by atoms with Gasteiger partial charge in [0.05, 0.1) is 19.8 Å². The maximum absolute atomic E-state index is 11.1. The highest BCUT2D eigenvalue weighted by atomic mass is 35.5. The molecule has 0 spiro atoms. The van der Waals surface area contributed by atoms with Crippen LogP contribution in [-0.2, 0) is 0 Å². The molecule has 0 aromatic heterocycles. The molecule has 0 radical (unpaired) electrons. The summed E-state index contributed by atoms with van der Waals surface area (Å²) in [6.45, 7) is -1.37. The topological polar surface area (TPSA) is 102 Å². The molecule has 0 saturated carbocycles. The van der Waals surface area contributed by atoms with Crippen LogP contribution < -0.4 is 10.6 Å². The number of aliphatic hydroxyl groups is 3. The van der Waals surface area contributed by atoms with Crippen molar-refractivity contribution in [2.24, 2.45) is 0 Å². The first-order valence-corrected chi connectivity index (χ1v) is 4.62. The second kappa shape index (κ2) is 6.83. The van der Waals surface area contributed by atoms with Gasteiger partial charge in [0.1, 0.15) is 5.54 Å². The Morgan fingerprint density at radius 1 is 1.21 bits per heavy atom. The summed E-state index contributed by atoms with van der Waals surface area (Å²) in [5.41, 5.74) is -1.39. The molecule has 0 fully saturated rings. The molecule has 0 aliphatic heterocycles. The molecule has 0 aromatic rings. The Morgan fingerprint density at radius 2 is 1.71 bits per heavy atom. The fourth-order valence-corrected chi connectivity index (χ4v) is 0.809. The second-order valence-electron chi connectivity index (χ2n) is 2.82. The Kier molecular flexibility index (Phi) is 6.56. The predicted octanol–water partition coefficient (Wildman–Crippen LogP) is -1.76. The van der Waals surface area contributed by atoms with Gasteiger partial charge >= 0.3 is 6.03 Å². The number of alkyl halides is 1. The van der Waals surface area contributed by atoms with E-state index in [0.29, 0.717) is 0 Å². The lowest BCUT2D eigenvalue weighted by Crippen LogP contribution is -2.59. The summed E-state index contributed by atoms with van der Waals surface area (Å²) >= 11 is 5.33. The molecule has 0 heterocycles. The Morgan fingerprint density at radius 3 is 2.07 bits per heavy atom. The second-order valence-corrected chi connectivity index (χ2v) is 3.20. The molecule has 6 nitrogen and oxygen atoms in total. The number of nitrogens with one attached hydrogen (secondary N) is 2. The summed E-state index contributed by atoms with van der Waals surface area (Å²) in [5.74, 6) is 0.262. The molecule has 14 heavy (non-hydrogen) atoms. The number of rotatable bonds is 6. The zero-order valence-corrected chi connectivity index (χ0v) is 8.42. The van der Waals surface area contributed by atoms with Gasteiger partial charge in [0.15, 0.2) is 0 Å². The van der Waals surface area contributed by atoms with Crippen molar-refractivity contribution in [2.75, 3.05) is 32.2 Å². The van der Waals surface area contributed by atoms with E-state index < -0.39 is 31.4 Å². The molecule has 0 rings (SSSR count). The van der Waals surface area contributed by atoms with Gasteiger partial charge in [-0.1, -0.05) is 0 Å². The van der Waals surface area contributed by atoms with Crippen molar-refractivity contribution < 1.29 is 20.1 Å². The number of urea groups is 1. The van der Waals surface area contributed by atoms with Crippen LogP contribution >= 0.6 is 11.6 Å². The fourth-order valence-electron chi connectivity index (χ4n) is 0.714. The van der Waals surface area contributed by atoms with E-state index in [-0.39, 0.29) is 12.4 Å². The predicted molar refractivity (Wildman–Crippen MR) is 51.2 cm³/mol. The van der Waals surface area contributed by atoms with Crippen molar-refractivity contribution in [2.45, 2.75) is 5.54 Å². The zero-order valence-electron chi connectivity index (χ0n) is 7.66. The summed E-state index contributed by atoms with van der Waals surface area (Å²) in [6.07, 6.45) is 0. The van der Waals surface area contributed by atoms with E-state index >= 15 is 0 Å². The summed E-state index contributed by atoms with van der Waals surface area (Å²) < 4.78 is 0. The van der Waals surface area contributed by atoms with Gasteiger partial charge in [0, 0.05) is 12.4 Å². The minimum atomic E-state index is -1.39. The molecular formula is C7H15ClN2O4. The molecule has 0 aromatic carbocycles. The van der Waals surface area contributed by atoms with E-state index in [2.05, 4.69) is 10.6 Å². The van der Waals surface area contributed by atoms with Gasteiger partial charge in [0.2, 0.25) is 0 Å². The number of carbonyl (C=O) groups is 1. The lowest BCUT2D eigenvalue weighted by Gasteiger charge is -2.28. The third-order valence-corrected chi connectivity index (χ3v) is 1.86. The van der Waals surface area contributed by atoms with Gasteiger partial charge < -0.3 is 26.0 Å². The van der Waals surface area contributed by atoms with Gasteiger partial charge in [-0.2, -0.15) is 0 Å². The molecule has 0 aliphatic carbocycles. The molecule has 0 bridgehead atoms. The number of carbonyl (C=O) groups excluding carboxylic acids is 1. The third kappa shape index (κ3) is 4.10. The molecule has 0 atom stereocenters. The molecule has 7 heteroatoms. The fraction of sp³-hybridized carbons (Fsp3) is 0.857. The van der Waals surface area contributed by atoms with Crippen LogP contribution in [0.25, 0.3) is 0 Å². The minimum absolute atomic E-state index is 0.262. The molecular weight excluding hydrogens is 212 g/mol. The van der Waals surface area contributed by atoms with Crippen LogP contribution in [0.15, 0.2) is 0 Å². The summed E-state index contributed by atoms with van der Waals surface area (Å²) in [4.78, 5) is 11.1. The first-order chi connectivity index (χ1) is 6.64. The van der Waals surface area contributed by atoms with Crippen LogP contribution in [-0.4, -0.2) is 59.1 Å². The lowest BCUT2D eigenvalue weighted by molar-refractivity contribution is 0.0493. The van der Waals surface area contributed by atoms with Gasteiger partial charge in [-0.15, -0.1) is 11.6 Å². The van der Waals surface area contributed by atoms with Crippen molar-refractivity contribution in [1.29, 1.82) is 0 Å². The average molecular weight is 227 g/mol. The maximum atomic E-state index is 11.1. The highest BCUT2D eigenvalue weighted by Gasteiger charge is 2.29. The van der Waals surface area contributed by atoms with Crippen molar-refractivity contribution in [3.05, 3.63) is 0 Å².